The van der Waals surface area contributed by atoms with Crippen molar-refractivity contribution in [3.05, 3.63) is 107 Å². The number of halogens is 2. The van der Waals surface area contributed by atoms with Crippen LogP contribution in [-0.2, 0) is 0 Å². The summed E-state index contributed by atoms with van der Waals surface area (Å²) >= 11 is 12.8. The molecular weight excluding hydrogens is 517 g/mol. The summed E-state index contributed by atoms with van der Waals surface area (Å²) in [7, 11) is 0. The molecular formula is C30H29ClFN5S. The van der Waals surface area contributed by atoms with Crippen LogP contribution in [0.25, 0.3) is 5.69 Å². The summed E-state index contributed by atoms with van der Waals surface area (Å²) in [5.41, 5.74) is 4.74. The minimum atomic E-state index is -0.267. The number of hydrogen-bond acceptors (Lipinski definition) is 3. The number of nitrogens with zero attached hydrogens (tertiary/aromatic N) is 4. The van der Waals surface area contributed by atoms with E-state index in [-0.39, 0.29) is 17.9 Å². The molecule has 4 aromatic rings. The van der Waals surface area contributed by atoms with Gasteiger partial charge in [0.2, 0.25) is 0 Å². The molecule has 2 fully saturated rings. The lowest BCUT2D eigenvalue weighted by Gasteiger charge is -2.33. The fraction of sp³-hybridized carbons (Fsp3) is 0.267. The van der Waals surface area contributed by atoms with E-state index in [1.807, 2.05) is 36.5 Å². The van der Waals surface area contributed by atoms with Crippen molar-refractivity contribution in [1.82, 2.24) is 14.9 Å². The van der Waals surface area contributed by atoms with Gasteiger partial charge in [-0.05, 0) is 97.7 Å². The lowest BCUT2D eigenvalue weighted by Crippen LogP contribution is -2.33. The SMILES string of the molecule is CC1CCN(c2ccc(N3C(=S)N[C@@H](c4ccccn4)[C@H]3c3cccn3-c3ccc(F)cc3)cc2Cl)CC1. The number of benzene rings is 2. The Morgan fingerprint density at radius 2 is 1.74 bits per heavy atom. The average Bonchev–Trinajstić information content (AvgIpc) is 3.54. The molecule has 2 aromatic heterocycles. The van der Waals surface area contributed by atoms with Crippen molar-refractivity contribution >= 4 is 40.3 Å². The van der Waals surface area contributed by atoms with Gasteiger partial charge in [-0.2, -0.15) is 0 Å². The normalized spacial score (nSPS) is 20.1. The Labute approximate surface area is 232 Å². The van der Waals surface area contributed by atoms with Crippen molar-refractivity contribution in [1.29, 1.82) is 0 Å². The highest BCUT2D eigenvalue weighted by molar-refractivity contribution is 7.80. The lowest BCUT2D eigenvalue weighted by molar-refractivity contribution is 0.438. The van der Waals surface area contributed by atoms with Crippen LogP contribution in [0, 0.1) is 11.7 Å². The summed E-state index contributed by atoms with van der Waals surface area (Å²) in [6.45, 7) is 4.34. The van der Waals surface area contributed by atoms with Gasteiger partial charge in [-0.15, -0.1) is 0 Å². The summed E-state index contributed by atoms with van der Waals surface area (Å²) in [6, 6.07) is 22.3. The molecule has 1 N–H and O–H groups in total. The van der Waals surface area contributed by atoms with Gasteiger partial charge in [0, 0.05) is 42.6 Å². The second kappa shape index (κ2) is 10.4. The van der Waals surface area contributed by atoms with Gasteiger partial charge in [0.15, 0.2) is 5.11 Å². The molecule has 0 bridgehead atoms. The van der Waals surface area contributed by atoms with E-state index in [0.717, 1.165) is 47.5 Å². The molecule has 2 aliphatic heterocycles. The number of nitrogens with one attached hydrogen (secondary N) is 1. The Bertz CT molecular complexity index is 1430. The van der Waals surface area contributed by atoms with E-state index >= 15 is 0 Å². The predicted octanol–water partition coefficient (Wildman–Crippen LogP) is 7.08. The fourth-order valence-corrected chi connectivity index (χ4v) is 6.20. The average molecular weight is 546 g/mol. The van der Waals surface area contributed by atoms with Crippen LogP contribution in [0.2, 0.25) is 5.02 Å². The Morgan fingerprint density at radius 1 is 0.974 bits per heavy atom. The first kappa shape index (κ1) is 24.9. The highest BCUT2D eigenvalue weighted by atomic mass is 35.5. The zero-order chi connectivity index (χ0) is 26.2. The second-order valence-electron chi connectivity index (χ2n) is 10.1. The molecule has 194 valence electrons. The molecule has 2 atom stereocenters. The van der Waals surface area contributed by atoms with E-state index in [0.29, 0.717) is 10.1 Å². The minimum absolute atomic E-state index is 0.195. The van der Waals surface area contributed by atoms with E-state index in [4.69, 9.17) is 23.8 Å². The molecule has 0 unspecified atom stereocenters. The second-order valence-corrected chi connectivity index (χ2v) is 10.9. The van der Waals surface area contributed by atoms with Crippen LogP contribution in [0.15, 0.2) is 85.2 Å². The van der Waals surface area contributed by atoms with Crippen LogP contribution < -0.4 is 15.1 Å². The molecule has 8 heteroatoms. The van der Waals surface area contributed by atoms with Gasteiger partial charge in [0.1, 0.15) is 11.9 Å². The van der Waals surface area contributed by atoms with Crippen molar-refractivity contribution in [3.63, 3.8) is 0 Å². The van der Waals surface area contributed by atoms with Crippen LogP contribution in [0.4, 0.5) is 15.8 Å². The predicted molar refractivity (Wildman–Crippen MR) is 156 cm³/mol. The maximum atomic E-state index is 13.7. The minimum Gasteiger partial charge on any atom is -0.370 e. The zero-order valence-corrected chi connectivity index (χ0v) is 22.7. The number of aromatic nitrogens is 2. The van der Waals surface area contributed by atoms with Gasteiger partial charge in [-0.25, -0.2) is 4.39 Å². The molecule has 5 nitrogen and oxygen atoms in total. The smallest absolute Gasteiger partial charge is 0.174 e. The Morgan fingerprint density at radius 3 is 2.45 bits per heavy atom. The summed E-state index contributed by atoms with van der Waals surface area (Å²) in [6.07, 6.45) is 6.13. The van der Waals surface area contributed by atoms with Crippen LogP contribution in [-0.4, -0.2) is 27.8 Å². The van der Waals surface area contributed by atoms with E-state index in [1.54, 1.807) is 18.3 Å². The Balaban J connectivity index is 1.42. The van der Waals surface area contributed by atoms with E-state index in [1.165, 1.54) is 25.0 Å². The lowest BCUT2D eigenvalue weighted by atomic mass is 9.98. The van der Waals surface area contributed by atoms with E-state index in [2.05, 4.69) is 49.8 Å². The summed E-state index contributed by atoms with van der Waals surface area (Å²) in [5.74, 6) is 0.482. The molecule has 2 saturated heterocycles. The van der Waals surface area contributed by atoms with Crippen molar-refractivity contribution in [2.24, 2.45) is 5.92 Å². The van der Waals surface area contributed by atoms with Gasteiger partial charge < -0.3 is 19.7 Å². The number of rotatable bonds is 5. The molecule has 2 aliphatic rings. The number of pyridine rings is 1. The zero-order valence-electron chi connectivity index (χ0n) is 21.1. The van der Waals surface area contributed by atoms with Gasteiger partial charge >= 0.3 is 0 Å². The van der Waals surface area contributed by atoms with Gasteiger partial charge in [0.05, 0.1) is 22.4 Å². The molecule has 0 spiro atoms. The highest BCUT2D eigenvalue weighted by Crippen LogP contribution is 2.44. The van der Waals surface area contributed by atoms with Crippen LogP contribution in [0.3, 0.4) is 0 Å². The molecule has 38 heavy (non-hydrogen) atoms. The number of thiocarbonyl (C=S) groups is 1. The van der Waals surface area contributed by atoms with Gasteiger partial charge in [0.25, 0.3) is 0 Å². The molecule has 0 saturated carbocycles. The van der Waals surface area contributed by atoms with Gasteiger partial charge in [-0.1, -0.05) is 24.6 Å². The van der Waals surface area contributed by atoms with Crippen molar-refractivity contribution in [2.75, 3.05) is 22.9 Å². The van der Waals surface area contributed by atoms with Crippen molar-refractivity contribution in [3.8, 4) is 5.69 Å². The summed E-state index contributed by atoms with van der Waals surface area (Å²) < 4.78 is 15.8. The number of hydrogen-bond donors (Lipinski definition) is 1. The standard InChI is InChI=1S/C30H29ClFN5S/c1-20-13-17-35(18-14-20)26-12-11-23(19-24(26)31)37-29(28(34-30(37)38)25-5-2-3-15-33-25)27-6-4-16-36(27)22-9-7-21(32)8-10-22/h2-12,15-16,19-20,28-29H,13-14,17-18H2,1H3,(H,34,38)/t28-,29+/m0/s1. The summed E-state index contributed by atoms with van der Waals surface area (Å²) in [4.78, 5) is 9.15. The van der Waals surface area contributed by atoms with E-state index in [9.17, 15) is 4.39 Å². The molecule has 0 radical (unpaired) electrons. The number of anilines is 2. The molecule has 4 heterocycles. The third-order valence-electron chi connectivity index (χ3n) is 7.62. The van der Waals surface area contributed by atoms with Crippen LogP contribution >= 0.6 is 23.8 Å². The topological polar surface area (TPSA) is 36.3 Å². The third kappa shape index (κ3) is 4.65. The maximum absolute atomic E-state index is 13.7. The van der Waals surface area contributed by atoms with Crippen LogP contribution in [0.5, 0.6) is 0 Å². The first-order valence-electron chi connectivity index (χ1n) is 13.0. The molecule has 0 aliphatic carbocycles. The molecule has 6 rings (SSSR count). The first-order valence-corrected chi connectivity index (χ1v) is 13.8. The monoisotopic (exact) mass is 545 g/mol. The Kier molecular flexibility index (Phi) is 6.80. The molecule has 2 aromatic carbocycles. The number of piperidine rings is 1. The van der Waals surface area contributed by atoms with Crippen LogP contribution in [0.1, 0.15) is 43.2 Å². The van der Waals surface area contributed by atoms with Crippen molar-refractivity contribution < 1.29 is 4.39 Å². The summed E-state index contributed by atoms with van der Waals surface area (Å²) in [5, 5.41) is 4.84. The quantitative estimate of drug-likeness (QED) is 0.271. The van der Waals surface area contributed by atoms with Crippen molar-refractivity contribution in [2.45, 2.75) is 31.8 Å². The largest absolute Gasteiger partial charge is 0.370 e. The highest BCUT2D eigenvalue weighted by Gasteiger charge is 2.42. The maximum Gasteiger partial charge on any atom is 0.174 e. The third-order valence-corrected chi connectivity index (χ3v) is 8.24. The Hall–Kier alpha value is -3.42. The molecule has 0 amide bonds. The van der Waals surface area contributed by atoms with Gasteiger partial charge in [-0.3, -0.25) is 4.98 Å². The fourth-order valence-electron chi connectivity index (χ4n) is 5.56. The first-order chi connectivity index (χ1) is 18.5. The van der Waals surface area contributed by atoms with E-state index < -0.39 is 0 Å².